The van der Waals surface area contributed by atoms with Gasteiger partial charge in [0.15, 0.2) is 13.6 Å². The first-order valence-electron chi connectivity index (χ1n) is 2.77. The molecule has 0 unspecified atom stereocenters. The van der Waals surface area contributed by atoms with Crippen molar-refractivity contribution in [2.45, 2.75) is 0 Å². The van der Waals surface area contributed by atoms with E-state index in [0.29, 0.717) is 0 Å². The minimum atomic E-state index is -0.684. The normalized spacial score (nSPS) is 9.64. The molecule has 0 atom stereocenters. The lowest BCUT2D eigenvalue weighted by Gasteiger charge is -2.03. The Hall–Kier alpha value is -0.300. The molecule has 6 heteroatoms. The Balaban J connectivity index is 2.85. The lowest BCUT2D eigenvalue weighted by molar-refractivity contribution is -0.148. The van der Waals surface area contributed by atoms with Gasteiger partial charge in [0, 0.05) is 7.11 Å². The molecule has 0 aliphatic rings. The number of carbonyl (C=O) groups is 1. The zero-order valence-corrected chi connectivity index (χ0v) is 7.00. The summed E-state index contributed by atoms with van der Waals surface area (Å²) >= 11 is 3.33. The van der Waals surface area contributed by atoms with Crippen LogP contribution in [-0.4, -0.2) is 32.8 Å². The van der Waals surface area contributed by atoms with Gasteiger partial charge in [-0.05, 0) is 0 Å². The Bertz CT molecular complexity index is 107. The van der Waals surface area contributed by atoms with Crippen molar-refractivity contribution in [3.05, 3.63) is 0 Å². The molecule has 0 aromatic heterocycles. The highest BCUT2D eigenvalue weighted by Crippen LogP contribution is 1.86. The zero-order chi connectivity index (χ0) is 8.53. The Morgan fingerprint density at radius 2 is 1.91 bits per heavy atom. The number of hydrogen-bond acceptors (Lipinski definition) is 5. The van der Waals surface area contributed by atoms with Gasteiger partial charge in [0.2, 0.25) is 0 Å². The molecule has 0 amide bonds. The van der Waals surface area contributed by atoms with Gasteiger partial charge in [-0.2, -0.15) is 0 Å². The average molecular weight is 182 g/mol. The van der Waals surface area contributed by atoms with Crippen molar-refractivity contribution >= 4 is 17.9 Å². The van der Waals surface area contributed by atoms with E-state index in [0.717, 1.165) is 0 Å². The van der Waals surface area contributed by atoms with Crippen LogP contribution in [0.1, 0.15) is 0 Å². The minimum Gasteiger partial charge on any atom is -0.430 e. The fourth-order valence-corrected chi connectivity index (χ4v) is 0.355. The van der Waals surface area contributed by atoms with Gasteiger partial charge in [-0.25, -0.2) is 4.79 Å². The molecular formula is C5H10O5S. The zero-order valence-electron chi connectivity index (χ0n) is 6.11. The fraction of sp³-hybridized carbons (Fsp3) is 0.800. The summed E-state index contributed by atoms with van der Waals surface area (Å²) in [4.78, 5) is 10.0. The molecule has 0 spiro atoms. The number of hydrogen-bond donors (Lipinski definition) is 1. The summed E-state index contributed by atoms with van der Waals surface area (Å²) in [6, 6.07) is 0. The van der Waals surface area contributed by atoms with Crippen molar-refractivity contribution in [1.29, 1.82) is 0 Å². The number of rotatable bonds is 6. The van der Waals surface area contributed by atoms with Gasteiger partial charge in [-0.1, -0.05) is 12.6 Å². The summed E-state index contributed by atoms with van der Waals surface area (Å²) in [5.74, 6) is 0. The van der Waals surface area contributed by atoms with E-state index >= 15 is 0 Å². The van der Waals surface area contributed by atoms with Gasteiger partial charge in [-0.15, -0.1) is 0 Å². The Morgan fingerprint density at radius 1 is 1.27 bits per heavy atom. The van der Waals surface area contributed by atoms with Gasteiger partial charge in [-0.3, -0.25) is 0 Å². The first-order valence-corrected chi connectivity index (χ1v) is 3.22. The van der Waals surface area contributed by atoms with Crippen molar-refractivity contribution in [2.24, 2.45) is 0 Å². The molecule has 0 N–H and O–H groups in total. The van der Waals surface area contributed by atoms with Crippen LogP contribution in [0.4, 0.5) is 4.79 Å². The van der Waals surface area contributed by atoms with E-state index in [9.17, 15) is 4.79 Å². The van der Waals surface area contributed by atoms with Crippen LogP contribution in [-0.2, 0) is 18.9 Å². The third kappa shape index (κ3) is 9.70. The van der Waals surface area contributed by atoms with E-state index in [1.54, 1.807) is 0 Å². The predicted molar refractivity (Wildman–Crippen MR) is 39.2 cm³/mol. The number of carbonyl (C=O) groups excluding carboxylic acids is 1. The number of methoxy groups -OCH3 is 1. The van der Waals surface area contributed by atoms with Crippen LogP contribution in [0.5, 0.6) is 0 Å². The lowest BCUT2D eigenvalue weighted by Crippen LogP contribution is -2.06. The van der Waals surface area contributed by atoms with E-state index in [-0.39, 0.29) is 20.4 Å². The molecule has 0 aromatic rings. The second-order valence-corrected chi connectivity index (χ2v) is 1.83. The molecule has 0 heterocycles. The molecular weight excluding hydrogens is 172 g/mol. The molecule has 0 radical (unpaired) electrons. The van der Waals surface area contributed by atoms with Crippen LogP contribution in [0.2, 0.25) is 0 Å². The van der Waals surface area contributed by atoms with Crippen LogP contribution in [0, 0.1) is 0 Å². The van der Waals surface area contributed by atoms with Crippen LogP contribution in [0.25, 0.3) is 0 Å². The van der Waals surface area contributed by atoms with Crippen molar-refractivity contribution in [1.82, 2.24) is 0 Å². The maximum absolute atomic E-state index is 10.0. The molecule has 0 aromatic carbocycles. The van der Waals surface area contributed by atoms with Gasteiger partial charge in [0.25, 0.3) is 0 Å². The summed E-state index contributed by atoms with van der Waals surface area (Å²) in [7, 11) is 1.49. The van der Waals surface area contributed by atoms with Crippen LogP contribution >= 0.6 is 12.6 Å². The van der Waals surface area contributed by atoms with E-state index in [2.05, 4.69) is 26.8 Å². The quantitative estimate of drug-likeness (QED) is 0.282. The largest absolute Gasteiger partial charge is 0.430 e. The molecule has 0 aliphatic heterocycles. The maximum Gasteiger partial charge on any atom is 0.366 e. The van der Waals surface area contributed by atoms with Crippen molar-refractivity contribution < 1.29 is 23.7 Å². The molecule has 66 valence electrons. The topological polar surface area (TPSA) is 54.0 Å². The van der Waals surface area contributed by atoms with Crippen LogP contribution < -0.4 is 0 Å². The molecule has 11 heavy (non-hydrogen) atoms. The summed E-state index contributed by atoms with van der Waals surface area (Å²) in [5, 5.41) is -0.684. The Labute approximate surface area is 70.0 Å². The smallest absolute Gasteiger partial charge is 0.366 e. The first-order chi connectivity index (χ1) is 5.27. The molecule has 0 aliphatic carbocycles. The highest BCUT2D eigenvalue weighted by Gasteiger charge is 1.91. The summed E-state index contributed by atoms with van der Waals surface area (Å²) < 4.78 is 18.2. The highest BCUT2D eigenvalue weighted by atomic mass is 32.1. The van der Waals surface area contributed by atoms with E-state index in [4.69, 9.17) is 4.74 Å². The Kier molecular flexibility index (Phi) is 7.59. The molecule has 5 nitrogen and oxygen atoms in total. The van der Waals surface area contributed by atoms with Crippen LogP contribution in [0.15, 0.2) is 0 Å². The Morgan fingerprint density at radius 3 is 2.45 bits per heavy atom. The monoisotopic (exact) mass is 182 g/mol. The fourth-order valence-electron chi connectivity index (χ4n) is 0.302. The van der Waals surface area contributed by atoms with Crippen molar-refractivity contribution in [2.75, 3.05) is 27.5 Å². The van der Waals surface area contributed by atoms with E-state index in [1.807, 2.05) is 0 Å². The standard InChI is InChI=1S/C5H10O5S/c1-7-2-8-3-9-4-10-5(6)11/h2-4H2,1H3,(H,6,11). The summed E-state index contributed by atoms with van der Waals surface area (Å²) in [5.41, 5.74) is 0. The number of ether oxygens (including phenoxy) is 4. The molecule has 0 bridgehead atoms. The van der Waals surface area contributed by atoms with Crippen molar-refractivity contribution in [3.8, 4) is 0 Å². The first kappa shape index (κ1) is 10.7. The summed E-state index contributed by atoms with van der Waals surface area (Å²) in [6.45, 7) is 0.00969. The van der Waals surface area contributed by atoms with E-state index < -0.39 is 5.30 Å². The second-order valence-electron chi connectivity index (χ2n) is 1.46. The predicted octanol–water partition coefficient (Wildman–Crippen LogP) is 0.605. The van der Waals surface area contributed by atoms with Crippen molar-refractivity contribution in [3.63, 3.8) is 0 Å². The van der Waals surface area contributed by atoms with E-state index in [1.165, 1.54) is 7.11 Å². The van der Waals surface area contributed by atoms with Gasteiger partial charge >= 0.3 is 5.30 Å². The molecule has 0 saturated carbocycles. The van der Waals surface area contributed by atoms with Gasteiger partial charge < -0.3 is 18.9 Å². The minimum absolute atomic E-state index is 0.0227. The SMILES string of the molecule is COCOCOCOC(=O)S. The highest BCUT2D eigenvalue weighted by molar-refractivity contribution is 7.96. The lowest BCUT2D eigenvalue weighted by atomic mass is 11.2. The maximum atomic E-state index is 10.0. The summed E-state index contributed by atoms with van der Waals surface area (Å²) in [6.07, 6.45) is 0. The molecule has 0 fully saturated rings. The average Bonchev–Trinajstić information content (AvgIpc) is 1.96. The van der Waals surface area contributed by atoms with Crippen LogP contribution in [0.3, 0.4) is 0 Å². The third-order valence-corrected chi connectivity index (χ3v) is 0.763. The number of thiol groups is 1. The van der Waals surface area contributed by atoms with Gasteiger partial charge in [0.1, 0.15) is 6.79 Å². The third-order valence-electron chi connectivity index (χ3n) is 0.634. The molecule has 0 saturated heterocycles. The van der Waals surface area contributed by atoms with Gasteiger partial charge in [0.05, 0.1) is 0 Å². The molecule has 0 rings (SSSR count). The second kappa shape index (κ2) is 7.80.